The van der Waals surface area contributed by atoms with E-state index in [1.165, 1.54) is 0 Å². The van der Waals surface area contributed by atoms with Crippen LogP contribution in [0.2, 0.25) is 5.02 Å². The molecule has 0 radical (unpaired) electrons. The van der Waals surface area contributed by atoms with Gasteiger partial charge in [0.05, 0.1) is 6.04 Å². The maximum Gasteiger partial charge on any atom is 0.220 e. The first-order valence-corrected chi connectivity index (χ1v) is 8.40. The number of ketones is 1. The molecule has 0 spiro atoms. The van der Waals surface area contributed by atoms with E-state index in [1.54, 1.807) is 6.07 Å². The second kappa shape index (κ2) is 8.11. The summed E-state index contributed by atoms with van der Waals surface area (Å²) in [6.07, 6.45) is 0.365. The number of Topliss-reactive ketones (excluding diaryl/α,β-unsaturated/α-hetero) is 1. The minimum Gasteiger partial charge on any atom is -0.350 e. The molecule has 0 fully saturated rings. The molecule has 126 valence electrons. The molecule has 2 rings (SSSR count). The van der Waals surface area contributed by atoms with E-state index in [9.17, 15) is 9.59 Å². The van der Waals surface area contributed by atoms with Gasteiger partial charge in [0.25, 0.3) is 0 Å². The summed E-state index contributed by atoms with van der Waals surface area (Å²) in [5.74, 6) is -0.168. The molecule has 0 heterocycles. The van der Waals surface area contributed by atoms with Gasteiger partial charge < -0.3 is 5.32 Å². The Balaban J connectivity index is 1.89. The Morgan fingerprint density at radius 2 is 1.75 bits per heavy atom. The van der Waals surface area contributed by atoms with E-state index >= 15 is 0 Å². The fraction of sp³-hybridized carbons (Fsp3) is 0.300. The van der Waals surface area contributed by atoms with Gasteiger partial charge in [-0.15, -0.1) is 0 Å². The second-order valence-electron chi connectivity index (χ2n) is 6.03. The van der Waals surface area contributed by atoms with Crippen LogP contribution in [0.5, 0.6) is 0 Å². The van der Waals surface area contributed by atoms with Crippen LogP contribution in [-0.2, 0) is 4.79 Å². The van der Waals surface area contributed by atoms with E-state index in [2.05, 4.69) is 5.32 Å². The van der Waals surface area contributed by atoms with Gasteiger partial charge in [-0.25, -0.2) is 0 Å². The molecule has 1 amide bonds. The highest BCUT2D eigenvalue weighted by Gasteiger charge is 2.14. The van der Waals surface area contributed by atoms with E-state index in [0.717, 1.165) is 16.7 Å². The molecule has 1 N–H and O–H groups in total. The number of rotatable bonds is 6. The van der Waals surface area contributed by atoms with Crippen LogP contribution in [-0.4, -0.2) is 11.7 Å². The minimum absolute atomic E-state index is 0.0151. The molecule has 1 atom stereocenters. The number of amides is 1. The quantitative estimate of drug-likeness (QED) is 0.766. The lowest BCUT2D eigenvalue weighted by atomic mass is 10.0. The minimum atomic E-state index is -0.192. The predicted molar refractivity (Wildman–Crippen MR) is 97.5 cm³/mol. The number of hydrogen-bond donors (Lipinski definition) is 1. The van der Waals surface area contributed by atoms with Crippen molar-refractivity contribution in [3.05, 3.63) is 69.7 Å². The summed E-state index contributed by atoms with van der Waals surface area (Å²) in [6.45, 7) is 5.86. The van der Waals surface area contributed by atoms with Crippen molar-refractivity contribution in [2.45, 2.75) is 39.7 Å². The molecule has 4 heteroatoms. The van der Waals surface area contributed by atoms with E-state index in [-0.39, 0.29) is 30.6 Å². The molecule has 0 aromatic heterocycles. The number of benzene rings is 2. The summed E-state index contributed by atoms with van der Waals surface area (Å²) in [7, 11) is 0. The number of halogens is 1. The lowest BCUT2D eigenvalue weighted by molar-refractivity contribution is -0.121. The van der Waals surface area contributed by atoms with E-state index < -0.39 is 0 Å². The first-order valence-electron chi connectivity index (χ1n) is 8.02. The van der Waals surface area contributed by atoms with Crippen molar-refractivity contribution in [3.8, 4) is 0 Å². The molecule has 0 bridgehead atoms. The Kier molecular flexibility index (Phi) is 6.16. The highest BCUT2D eigenvalue weighted by molar-refractivity contribution is 6.31. The fourth-order valence-corrected chi connectivity index (χ4v) is 2.80. The van der Waals surface area contributed by atoms with Crippen LogP contribution in [0.25, 0.3) is 0 Å². The standard InChI is InChI=1S/C20H22ClNO2/c1-13-8-9-16(12-14(13)2)19(23)10-11-20(24)22-15(3)17-6-4-5-7-18(17)21/h4-9,12,15H,10-11H2,1-3H3,(H,22,24). The molecular formula is C20H22ClNO2. The molecule has 2 aromatic carbocycles. The summed E-state index contributed by atoms with van der Waals surface area (Å²) < 4.78 is 0. The van der Waals surface area contributed by atoms with Crippen LogP contribution in [0.3, 0.4) is 0 Å². The molecule has 0 aliphatic heterocycles. The number of carbonyl (C=O) groups is 2. The Morgan fingerprint density at radius 1 is 1.04 bits per heavy atom. The SMILES string of the molecule is Cc1ccc(C(=O)CCC(=O)NC(C)c2ccccc2Cl)cc1C. The van der Waals surface area contributed by atoms with Crippen LogP contribution in [0.4, 0.5) is 0 Å². The Morgan fingerprint density at radius 3 is 2.42 bits per heavy atom. The topological polar surface area (TPSA) is 46.2 Å². The third-order valence-corrected chi connectivity index (χ3v) is 4.50. The van der Waals surface area contributed by atoms with Gasteiger partial charge in [-0.05, 0) is 49.6 Å². The van der Waals surface area contributed by atoms with Crippen molar-refractivity contribution in [2.24, 2.45) is 0 Å². The van der Waals surface area contributed by atoms with E-state index in [0.29, 0.717) is 10.6 Å². The van der Waals surface area contributed by atoms with Gasteiger partial charge in [-0.2, -0.15) is 0 Å². The van der Waals surface area contributed by atoms with Crippen LogP contribution >= 0.6 is 11.6 Å². The molecule has 0 saturated carbocycles. The monoisotopic (exact) mass is 343 g/mol. The zero-order valence-corrected chi connectivity index (χ0v) is 15.0. The molecule has 0 aliphatic carbocycles. The summed E-state index contributed by atoms with van der Waals surface area (Å²) >= 11 is 6.13. The van der Waals surface area contributed by atoms with Crippen molar-refractivity contribution < 1.29 is 9.59 Å². The highest BCUT2D eigenvalue weighted by Crippen LogP contribution is 2.22. The zero-order valence-electron chi connectivity index (χ0n) is 14.2. The molecule has 0 aliphatic rings. The molecule has 3 nitrogen and oxygen atoms in total. The predicted octanol–water partition coefficient (Wildman–Crippen LogP) is 4.80. The van der Waals surface area contributed by atoms with Gasteiger partial charge in [0.1, 0.15) is 0 Å². The highest BCUT2D eigenvalue weighted by atomic mass is 35.5. The number of carbonyl (C=O) groups excluding carboxylic acids is 2. The van der Waals surface area contributed by atoms with E-state index in [1.807, 2.05) is 57.2 Å². The summed E-state index contributed by atoms with van der Waals surface area (Å²) in [5.41, 5.74) is 3.76. The number of nitrogens with one attached hydrogen (secondary N) is 1. The lowest BCUT2D eigenvalue weighted by Gasteiger charge is -2.15. The van der Waals surface area contributed by atoms with Crippen molar-refractivity contribution >= 4 is 23.3 Å². The number of aryl methyl sites for hydroxylation is 2. The van der Waals surface area contributed by atoms with Crippen LogP contribution < -0.4 is 5.32 Å². The van der Waals surface area contributed by atoms with Gasteiger partial charge in [0, 0.05) is 23.4 Å². The Hall–Kier alpha value is -2.13. The second-order valence-corrected chi connectivity index (χ2v) is 6.44. The van der Waals surface area contributed by atoms with Gasteiger partial charge in [-0.3, -0.25) is 9.59 Å². The average molecular weight is 344 g/mol. The Labute approximate surface area is 148 Å². The third kappa shape index (κ3) is 4.68. The maximum atomic E-state index is 12.2. The molecule has 24 heavy (non-hydrogen) atoms. The maximum absolute atomic E-state index is 12.2. The first-order chi connectivity index (χ1) is 11.4. The van der Waals surface area contributed by atoms with Gasteiger partial charge in [0.2, 0.25) is 5.91 Å². The average Bonchev–Trinajstić information content (AvgIpc) is 2.55. The lowest BCUT2D eigenvalue weighted by Crippen LogP contribution is -2.27. The van der Waals surface area contributed by atoms with Crippen molar-refractivity contribution in [1.29, 1.82) is 0 Å². The summed E-state index contributed by atoms with van der Waals surface area (Å²) in [4.78, 5) is 24.3. The van der Waals surface area contributed by atoms with Gasteiger partial charge in [-0.1, -0.05) is 41.9 Å². The fourth-order valence-electron chi connectivity index (χ4n) is 2.50. The zero-order chi connectivity index (χ0) is 17.7. The molecule has 2 aromatic rings. The third-order valence-electron chi connectivity index (χ3n) is 4.16. The van der Waals surface area contributed by atoms with Gasteiger partial charge in [0.15, 0.2) is 5.78 Å². The molecule has 1 unspecified atom stereocenters. The van der Waals surface area contributed by atoms with Crippen molar-refractivity contribution in [3.63, 3.8) is 0 Å². The van der Waals surface area contributed by atoms with Crippen LogP contribution in [0, 0.1) is 13.8 Å². The Bertz CT molecular complexity index is 755. The van der Waals surface area contributed by atoms with Crippen LogP contribution in [0.15, 0.2) is 42.5 Å². The molecule has 0 saturated heterocycles. The van der Waals surface area contributed by atoms with Gasteiger partial charge >= 0.3 is 0 Å². The van der Waals surface area contributed by atoms with Crippen molar-refractivity contribution in [2.75, 3.05) is 0 Å². The summed E-state index contributed by atoms with van der Waals surface area (Å²) in [5, 5.41) is 3.51. The van der Waals surface area contributed by atoms with Crippen molar-refractivity contribution in [1.82, 2.24) is 5.32 Å². The first kappa shape index (κ1) is 18.2. The number of hydrogen-bond acceptors (Lipinski definition) is 2. The normalized spacial score (nSPS) is 11.8. The molecular weight excluding hydrogens is 322 g/mol. The van der Waals surface area contributed by atoms with E-state index in [4.69, 9.17) is 11.6 Å². The largest absolute Gasteiger partial charge is 0.350 e. The summed E-state index contributed by atoms with van der Waals surface area (Å²) in [6, 6.07) is 12.8. The van der Waals surface area contributed by atoms with Crippen LogP contribution in [0.1, 0.15) is 52.9 Å². The smallest absolute Gasteiger partial charge is 0.220 e.